The number of thiophene rings is 1. The predicted octanol–water partition coefficient (Wildman–Crippen LogP) is 5.34. The summed E-state index contributed by atoms with van der Waals surface area (Å²) in [5.74, 6) is -0.911. The van der Waals surface area contributed by atoms with Gasteiger partial charge in [0.05, 0.1) is 23.2 Å². The maximum absolute atomic E-state index is 11.4. The lowest BCUT2D eigenvalue weighted by molar-refractivity contribution is -0.143. The maximum atomic E-state index is 11.4. The average molecular weight is 403 g/mol. The number of hydrogen-bond acceptors (Lipinski definition) is 4. The van der Waals surface area contributed by atoms with Crippen molar-refractivity contribution in [1.29, 1.82) is 0 Å². The van der Waals surface area contributed by atoms with Crippen molar-refractivity contribution in [3.63, 3.8) is 0 Å². The largest absolute Gasteiger partial charge is 0.481 e. The summed E-state index contributed by atoms with van der Waals surface area (Å²) >= 11 is 1.81. The summed E-state index contributed by atoms with van der Waals surface area (Å²) in [6.07, 6.45) is 1.37. The lowest BCUT2D eigenvalue weighted by Crippen LogP contribution is -2.39. The van der Waals surface area contributed by atoms with Crippen molar-refractivity contribution in [2.24, 2.45) is 5.92 Å². The summed E-state index contributed by atoms with van der Waals surface area (Å²) in [5.41, 5.74) is 2.03. The molecule has 0 bridgehead atoms. The van der Waals surface area contributed by atoms with E-state index in [0.29, 0.717) is 12.8 Å². The van der Waals surface area contributed by atoms with E-state index in [-0.39, 0.29) is 12.0 Å². The molecule has 146 valence electrons. The number of pyridine rings is 1. The summed E-state index contributed by atoms with van der Waals surface area (Å²) in [6.45, 7) is 1.54. The van der Waals surface area contributed by atoms with Crippen LogP contribution in [0, 0.1) is 5.92 Å². The van der Waals surface area contributed by atoms with E-state index < -0.39 is 5.97 Å². The molecule has 2 aromatic carbocycles. The highest BCUT2D eigenvalue weighted by molar-refractivity contribution is 7.19. The van der Waals surface area contributed by atoms with Crippen LogP contribution in [0.25, 0.3) is 21.0 Å². The summed E-state index contributed by atoms with van der Waals surface area (Å²) in [5, 5.41) is 11.8. The number of carboxylic acids is 1. The Kier molecular flexibility index (Phi) is 4.78. The van der Waals surface area contributed by atoms with Crippen molar-refractivity contribution in [1.82, 2.24) is 9.88 Å². The number of nitrogens with zero attached hydrogens (tertiary/aromatic N) is 2. The molecule has 2 aromatic heterocycles. The van der Waals surface area contributed by atoms with Crippen LogP contribution in [0.4, 0.5) is 0 Å². The summed E-state index contributed by atoms with van der Waals surface area (Å²) in [7, 11) is 0. The highest BCUT2D eigenvalue weighted by Crippen LogP contribution is 2.38. The molecule has 5 rings (SSSR count). The number of fused-ring (bicyclic) bond motifs is 2. The maximum Gasteiger partial charge on any atom is 0.306 e. The molecule has 0 spiro atoms. The quantitative estimate of drug-likeness (QED) is 0.501. The fourth-order valence-corrected chi connectivity index (χ4v) is 5.50. The molecule has 1 fully saturated rings. The molecule has 0 amide bonds. The molecular weight excluding hydrogens is 380 g/mol. The highest BCUT2D eigenvalue weighted by atomic mass is 32.1. The Morgan fingerprint density at radius 1 is 1.00 bits per heavy atom. The minimum absolute atomic E-state index is 0.0479. The molecule has 1 aliphatic heterocycles. The Balaban J connectivity index is 1.57. The van der Waals surface area contributed by atoms with Crippen molar-refractivity contribution >= 4 is 38.3 Å². The van der Waals surface area contributed by atoms with Crippen molar-refractivity contribution < 1.29 is 9.90 Å². The van der Waals surface area contributed by atoms with Gasteiger partial charge in [0, 0.05) is 15.0 Å². The van der Waals surface area contributed by atoms with Crippen LogP contribution in [0.15, 0.2) is 66.7 Å². The third-order valence-electron chi connectivity index (χ3n) is 5.86. The molecule has 4 nitrogen and oxygen atoms in total. The van der Waals surface area contributed by atoms with Crippen LogP contribution in [0.1, 0.15) is 29.5 Å². The molecule has 1 atom stereocenters. The molecule has 1 unspecified atom stereocenters. The van der Waals surface area contributed by atoms with Gasteiger partial charge in [-0.1, -0.05) is 42.5 Å². The van der Waals surface area contributed by atoms with Gasteiger partial charge in [-0.2, -0.15) is 0 Å². The zero-order valence-electron chi connectivity index (χ0n) is 16.0. The van der Waals surface area contributed by atoms with Crippen molar-refractivity contribution in [2.45, 2.75) is 18.9 Å². The van der Waals surface area contributed by atoms with Crippen molar-refractivity contribution in [2.75, 3.05) is 13.1 Å². The van der Waals surface area contributed by atoms with E-state index in [0.717, 1.165) is 29.7 Å². The standard InChI is InChI=1S/C24H22N2O2S/c27-24(28)17-11-13-26(14-12-17)23(22-15-18-6-2-4-8-21(18)29-22)20-10-9-16-5-1-3-7-19(16)25-20/h1-10,15,17,23H,11-14H2,(H,27,28). The predicted molar refractivity (Wildman–Crippen MR) is 117 cm³/mol. The first-order valence-corrected chi connectivity index (χ1v) is 10.8. The average Bonchev–Trinajstić information content (AvgIpc) is 3.18. The molecule has 5 heteroatoms. The summed E-state index contributed by atoms with van der Waals surface area (Å²) < 4.78 is 1.27. The SMILES string of the molecule is O=C(O)C1CCN(C(c2ccc3ccccc3n2)c2cc3ccccc3s2)CC1. The molecule has 0 saturated carbocycles. The Morgan fingerprint density at radius 2 is 1.72 bits per heavy atom. The van der Waals surface area contributed by atoms with Gasteiger partial charge in [-0.3, -0.25) is 14.7 Å². The van der Waals surface area contributed by atoms with Crippen molar-refractivity contribution in [3.05, 3.63) is 77.3 Å². The van der Waals surface area contributed by atoms with E-state index in [1.165, 1.54) is 15.0 Å². The van der Waals surface area contributed by atoms with Gasteiger partial charge in [0.25, 0.3) is 0 Å². The number of carbonyl (C=O) groups is 1. The van der Waals surface area contributed by atoms with Crippen LogP contribution in [-0.4, -0.2) is 34.0 Å². The molecule has 0 aliphatic carbocycles. The normalized spacial score (nSPS) is 17.0. The minimum Gasteiger partial charge on any atom is -0.481 e. The monoisotopic (exact) mass is 402 g/mol. The Morgan fingerprint density at radius 3 is 2.48 bits per heavy atom. The van der Waals surface area contributed by atoms with E-state index in [1.54, 1.807) is 0 Å². The number of hydrogen-bond donors (Lipinski definition) is 1. The number of aliphatic carboxylic acids is 1. The Bertz CT molecular complexity index is 1140. The van der Waals surface area contributed by atoms with Crippen LogP contribution in [0.3, 0.4) is 0 Å². The molecule has 4 aromatic rings. The first-order chi connectivity index (χ1) is 14.2. The summed E-state index contributed by atoms with van der Waals surface area (Å²) in [4.78, 5) is 20.1. The fourth-order valence-electron chi connectivity index (χ4n) is 4.29. The van der Waals surface area contributed by atoms with Crippen molar-refractivity contribution in [3.8, 4) is 0 Å². The number of benzene rings is 2. The Labute approximate surface area is 173 Å². The highest BCUT2D eigenvalue weighted by Gasteiger charge is 2.31. The van der Waals surface area contributed by atoms with Gasteiger partial charge in [0.1, 0.15) is 0 Å². The number of aromatic nitrogens is 1. The molecule has 0 radical (unpaired) electrons. The van der Waals surface area contributed by atoms with E-state index in [1.807, 2.05) is 23.5 Å². The first-order valence-electron chi connectivity index (χ1n) is 10.00. The molecule has 3 heterocycles. The van der Waals surface area contributed by atoms with Crippen LogP contribution in [0.2, 0.25) is 0 Å². The zero-order valence-corrected chi connectivity index (χ0v) is 16.8. The molecule has 1 saturated heterocycles. The number of para-hydroxylation sites is 1. The van der Waals surface area contributed by atoms with E-state index in [9.17, 15) is 9.90 Å². The minimum atomic E-state index is -0.674. The van der Waals surface area contributed by atoms with E-state index in [4.69, 9.17) is 4.98 Å². The number of carboxylic acid groups (broad SMARTS) is 1. The van der Waals surface area contributed by atoms with Crippen LogP contribution < -0.4 is 0 Å². The van der Waals surface area contributed by atoms with Crippen LogP contribution >= 0.6 is 11.3 Å². The van der Waals surface area contributed by atoms with Gasteiger partial charge in [-0.05, 0) is 55.6 Å². The lowest BCUT2D eigenvalue weighted by Gasteiger charge is -2.35. The Hall–Kier alpha value is -2.76. The third-order valence-corrected chi connectivity index (χ3v) is 7.03. The van der Waals surface area contributed by atoms with Gasteiger partial charge in [-0.15, -0.1) is 11.3 Å². The number of likely N-dealkylation sites (tertiary alicyclic amines) is 1. The van der Waals surface area contributed by atoms with Gasteiger partial charge in [-0.25, -0.2) is 0 Å². The van der Waals surface area contributed by atoms with E-state index >= 15 is 0 Å². The molecule has 1 aliphatic rings. The lowest BCUT2D eigenvalue weighted by atomic mass is 9.94. The van der Waals surface area contributed by atoms with Gasteiger partial charge < -0.3 is 5.11 Å². The molecule has 29 heavy (non-hydrogen) atoms. The zero-order chi connectivity index (χ0) is 19.8. The van der Waals surface area contributed by atoms with Gasteiger partial charge in [0.15, 0.2) is 0 Å². The first kappa shape index (κ1) is 18.3. The third kappa shape index (κ3) is 3.52. The topological polar surface area (TPSA) is 53.4 Å². The smallest absolute Gasteiger partial charge is 0.306 e. The molecule has 1 N–H and O–H groups in total. The fraction of sp³-hybridized carbons (Fsp3) is 0.250. The second-order valence-corrected chi connectivity index (χ2v) is 8.78. The van der Waals surface area contributed by atoms with Gasteiger partial charge >= 0.3 is 5.97 Å². The van der Waals surface area contributed by atoms with Crippen LogP contribution in [0.5, 0.6) is 0 Å². The van der Waals surface area contributed by atoms with Crippen LogP contribution in [-0.2, 0) is 4.79 Å². The van der Waals surface area contributed by atoms with E-state index in [2.05, 4.69) is 59.5 Å². The number of rotatable bonds is 4. The number of piperidine rings is 1. The summed E-state index contributed by atoms with van der Waals surface area (Å²) in [6, 6.07) is 23.2. The van der Waals surface area contributed by atoms with Gasteiger partial charge in [0.2, 0.25) is 0 Å². The second kappa shape index (κ2) is 7.58. The second-order valence-electron chi connectivity index (χ2n) is 7.67. The molecular formula is C24H22N2O2S.